The van der Waals surface area contributed by atoms with Crippen LogP contribution in [0, 0.1) is 0 Å². The number of rotatable bonds is 5. The summed E-state index contributed by atoms with van der Waals surface area (Å²) in [7, 11) is 0. The molecule has 1 fully saturated rings. The molecule has 1 aliphatic heterocycles. The van der Waals surface area contributed by atoms with Crippen molar-refractivity contribution in [3.63, 3.8) is 0 Å². The van der Waals surface area contributed by atoms with E-state index in [1.807, 2.05) is 12.3 Å². The third-order valence-electron chi connectivity index (χ3n) is 3.89. The number of aromatic nitrogens is 3. The van der Waals surface area contributed by atoms with Crippen LogP contribution in [-0.2, 0) is 13.0 Å². The molecule has 4 nitrogen and oxygen atoms in total. The van der Waals surface area contributed by atoms with E-state index in [9.17, 15) is 0 Å². The van der Waals surface area contributed by atoms with Gasteiger partial charge in [0.25, 0.3) is 0 Å². The minimum atomic E-state index is 1.02. The Morgan fingerprint density at radius 3 is 2.84 bits per heavy atom. The van der Waals surface area contributed by atoms with E-state index in [1.54, 1.807) is 0 Å². The van der Waals surface area contributed by atoms with Gasteiger partial charge in [0.2, 0.25) is 0 Å². The van der Waals surface area contributed by atoms with Crippen LogP contribution >= 0.6 is 0 Å². The van der Waals surface area contributed by atoms with E-state index in [0.717, 1.165) is 37.1 Å². The smallest absolute Gasteiger partial charge is 0.160 e. The summed E-state index contributed by atoms with van der Waals surface area (Å²) in [4.78, 5) is 11.8. The molecule has 0 unspecified atom stereocenters. The Morgan fingerprint density at radius 1 is 1.21 bits per heavy atom. The summed E-state index contributed by atoms with van der Waals surface area (Å²) in [5.41, 5.74) is 2.08. The standard InChI is InChI=1S/C15H22N4/c1-2-6-14-17-13-7-5-8-16-15(13)19(14)12-11-18-9-3-4-10-18/h5,7-8H,2-4,6,9-12H2,1H3. The monoisotopic (exact) mass is 258 g/mol. The van der Waals surface area contributed by atoms with Crippen molar-refractivity contribution in [2.45, 2.75) is 39.2 Å². The normalized spacial score (nSPS) is 16.5. The molecule has 102 valence electrons. The maximum atomic E-state index is 4.73. The third-order valence-corrected chi connectivity index (χ3v) is 3.89. The first-order valence-electron chi connectivity index (χ1n) is 7.41. The zero-order valence-corrected chi connectivity index (χ0v) is 11.7. The molecule has 0 aliphatic carbocycles. The number of imidazole rings is 1. The van der Waals surface area contributed by atoms with Crippen LogP contribution in [0.25, 0.3) is 11.2 Å². The molecule has 3 rings (SSSR count). The van der Waals surface area contributed by atoms with Crippen LogP contribution in [0.1, 0.15) is 32.0 Å². The Bertz CT molecular complexity index is 540. The van der Waals surface area contributed by atoms with Crippen molar-refractivity contribution in [3.8, 4) is 0 Å². The second kappa shape index (κ2) is 5.70. The average molecular weight is 258 g/mol. The van der Waals surface area contributed by atoms with Gasteiger partial charge in [-0.25, -0.2) is 9.97 Å². The van der Waals surface area contributed by atoms with Crippen molar-refractivity contribution in [3.05, 3.63) is 24.2 Å². The second-order valence-corrected chi connectivity index (χ2v) is 5.32. The average Bonchev–Trinajstić information content (AvgIpc) is 3.04. The molecule has 2 aromatic heterocycles. The van der Waals surface area contributed by atoms with Crippen molar-refractivity contribution < 1.29 is 0 Å². The molecule has 0 bridgehead atoms. The summed E-state index contributed by atoms with van der Waals surface area (Å²) in [6.07, 6.45) is 6.74. The first kappa shape index (κ1) is 12.6. The highest BCUT2D eigenvalue weighted by Gasteiger charge is 2.14. The van der Waals surface area contributed by atoms with Gasteiger partial charge in [-0.1, -0.05) is 6.92 Å². The molecule has 4 heteroatoms. The number of pyridine rings is 1. The zero-order chi connectivity index (χ0) is 13.1. The molecule has 19 heavy (non-hydrogen) atoms. The second-order valence-electron chi connectivity index (χ2n) is 5.32. The lowest BCUT2D eigenvalue weighted by Crippen LogP contribution is -2.24. The fraction of sp³-hybridized carbons (Fsp3) is 0.600. The predicted molar refractivity (Wildman–Crippen MR) is 77.2 cm³/mol. The van der Waals surface area contributed by atoms with Crippen molar-refractivity contribution >= 4 is 11.2 Å². The van der Waals surface area contributed by atoms with E-state index in [4.69, 9.17) is 4.98 Å². The fourth-order valence-electron chi connectivity index (χ4n) is 2.90. The lowest BCUT2D eigenvalue weighted by atomic mass is 10.3. The van der Waals surface area contributed by atoms with E-state index in [-0.39, 0.29) is 0 Å². The maximum Gasteiger partial charge on any atom is 0.160 e. The van der Waals surface area contributed by atoms with Crippen molar-refractivity contribution in [2.75, 3.05) is 19.6 Å². The van der Waals surface area contributed by atoms with Gasteiger partial charge >= 0.3 is 0 Å². The van der Waals surface area contributed by atoms with Gasteiger partial charge in [0.15, 0.2) is 5.65 Å². The zero-order valence-electron chi connectivity index (χ0n) is 11.7. The van der Waals surface area contributed by atoms with Crippen LogP contribution in [0.2, 0.25) is 0 Å². The van der Waals surface area contributed by atoms with Crippen molar-refractivity contribution in [1.82, 2.24) is 19.4 Å². The molecule has 0 amide bonds. The number of aryl methyl sites for hydroxylation is 1. The van der Waals surface area contributed by atoms with Crippen molar-refractivity contribution in [2.24, 2.45) is 0 Å². The molecular weight excluding hydrogens is 236 g/mol. The molecule has 1 aliphatic rings. The number of hydrogen-bond acceptors (Lipinski definition) is 3. The van der Waals surface area contributed by atoms with E-state index in [2.05, 4.69) is 27.4 Å². The lowest BCUT2D eigenvalue weighted by Gasteiger charge is -2.16. The quantitative estimate of drug-likeness (QED) is 0.826. The largest absolute Gasteiger partial charge is 0.311 e. The lowest BCUT2D eigenvalue weighted by molar-refractivity contribution is 0.322. The summed E-state index contributed by atoms with van der Waals surface area (Å²) in [5.74, 6) is 1.19. The predicted octanol–water partition coefficient (Wildman–Crippen LogP) is 2.48. The Hall–Kier alpha value is -1.42. The summed E-state index contributed by atoms with van der Waals surface area (Å²) in [6.45, 7) is 6.85. The van der Waals surface area contributed by atoms with Crippen LogP contribution in [0.4, 0.5) is 0 Å². The van der Waals surface area contributed by atoms with E-state index in [0.29, 0.717) is 0 Å². The fourth-order valence-corrected chi connectivity index (χ4v) is 2.90. The Morgan fingerprint density at radius 2 is 2.05 bits per heavy atom. The first-order valence-corrected chi connectivity index (χ1v) is 7.41. The third kappa shape index (κ3) is 2.63. The molecule has 3 heterocycles. The molecule has 0 N–H and O–H groups in total. The van der Waals surface area contributed by atoms with Crippen LogP contribution in [0.5, 0.6) is 0 Å². The molecule has 2 aromatic rings. The van der Waals surface area contributed by atoms with Gasteiger partial charge in [0.1, 0.15) is 11.3 Å². The van der Waals surface area contributed by atoms with E-state index < -0.39 is 0 Å². The Labute approximate surface area is 114 Å². The van der Waals surface area contributed by atoms with E-state index >= 15 is 0 Å². The molecule has 0 radical (unpaired) electrons. The van der Waals surface area contributed by atoms with Crippen LogP contribution < -0.4 is 0 Å². The summed E-state index contributed by atoms with van der Waals surface area (Å²) < 4.78 is 2.32. The summed E-state index contributed by atoms with van der Waals surface area (Å²) in [6, 6.07) is 4.03. The highest BCUT2D eigenvalue weighted by atomic mass is 15.2. The van der Waals surface area contributed by atoms with Crippen molar-refractivity contribution in [1.29, 1.82) is 0 Å². The highest BCUT2D eigenvalue weighted by Crippen LogP contribution is 2.16. The van der Waals surface area contributed by atoms with E-state index in [1.165, 1.54) is 31.8 Å². The molecule has 1 saturated heterocycles. The topological polar surface area (TPSA) is 34.0 Å². The Balaban J connectivity index is 1.84. The summed E-state index contributed by atoms with van der Waals surface area (Å²) >= 11 is 0. The summed E-state index contributed by atoms with van der Waals surface area (Å²) in [5, 5.41) is 0. The van der Waals surface area contributed by atoms with Gasteiger partial charge in [-0.2, -0.15) is 0 Å². The number of hydrogen-bond donors (Lipinski definition) is 0. The van der Waals surface area contributed by atoms with Gasteiger partial charge in [-0.15, -0.1) is 0 Å². The SMILES string of the molecule is CCCc1nc2cccnc2n1CCN1CCCC1. The first-order chi connectivity index (χ1) is 9.38. The number of fused-ring (bicyclic) bond motifs is 1. The van der Waals surface area contributed by atoms with Crippen LogP contribution in [0.15, 0.2) is 18.3 Å². The molecule has 0 atom stereocenters. The maximum absolute atomic E-state index is 4.73. The molecular formula is C15H22N4. The molecule has 0 aromatic carbocycles. The molecule has 0 saturated carbocycles. The minimum Gasteiger partial charge on any atom is -0.311 e. The van der Waals surface area contributed by atoms with Gasteiger partial charge in [0, 0.05) is 25.7 Å². The highest BCUT2D eigenvalue weighted by molar-refractivity contribution is 5.71. The molecule has 0 spiro atoms. The Kier molecular flexibility index (Phi) is 3.78. The van der Waals surface area contributed by atoms with Gasteiger partial charge < -0.3 is 9.47 Å². The van der Waals surface area contributed by atoms with Crippen LogP contribution in [0.3, 0.4) is 0 Å². The van der Waals surface area contributed by atoms with Gasteiger partial charge in [-0.05, 0) is 44.5 Å². The minimum absolute atomic E-state index is 1.02. The van der Waals surface area contributed by atoms with Crippen LogP contribution in [-0.4, -0.2) is 39.1 Å². The number of nitrogens with zero attached hydrogens (tertiary/aromatic N) is 4. The van der Waals surface area contributed by atoms with Gasteiger partial charge in [0.05, 0.1) is 0 Å². The number of likely N-dealkylation sites (tertiary alicyclic amines) is 1. The van der Waals surface area contributed by atoms with Gasteiger partial charge in [-0.3, -0.25) is 0 Å².